The van der Waals surface area contributed by atoms with Crippen LogP contribution in [-0.4, -0.2) is 58.4 Å². The van der Waals surface area contributed by atoms with Crippen LogP contribution in [0.25, 0.3) is 0 Å². The van der Waals surface area contributed by atoms with Crippen molar-refractivity contribution in [1.29, 1.82) is 0 Å². The van der Waals surface area contributed by atoms with Crippen molar-refractivity contribution in [3.63, 3.8) is 0 Å². The van der Waals surface area contributed by atoms with Crippen LogP contribution >= 0.6 is 0 Å². The summed E-state index contributed by atoms with van der Waals surface area (Å²) in [5.41, 5.74) is 2.14. The average Bonchev–Trinajstić information content (AvgIpc) is 2.72. The lowest BCUT2D eigenvalue weighted by molar-refractivity contribution is 0.179. The Kier molecular flexibility index (Phi) is 5.89. The van der Waals surface area contributed by atoms with Crippen LogP contribution in [0.1, 0.15) is 12.0 Å². The molecule has 0 radical (unpaired) electrons. The topological polar surface area (TPSA) is 54.0 Å². The first-order chi connectivity index (χ1) is 10.6. The Labute approximate surface area is 132 Å². The van der Waals surface area contributed by atoms with E-state index < -0.39 is 0 Å². The largest absolute Gasteiger partial charge is 0.491 e. The van der Waals surface area contributed by atoms with Crippen molar-refractivity contribution in [2.45, 2.75) is 13.0 Å². The van der Waals surface area contributed by atoms with E-state index in [-0.39, 0.29) is 6.03 Å². The van der Waals surface area contributed by atoms with Crippen LogP contribution < -0.4 is 15.0 Å². The van der Waals surface area contributed by atoms with Crippen molar-refractivity contribution < 1.29 is 14.3 Å². The number of anilines is 1. The number of methoxy groups -OCH3 is 1. The second-order valence-corrected chi connectivity index (χ2v) is 5.53. The Hall–Kier alpha value is -1.95. The molecule has 0 unspecified atom stereocenters. The third-order valence-electron chi connectivity index (χ3n) is 3.63. The molecule has 0 saturated carbocycles. The standard InChI is InChI=1S/C16H25N3O3/c1-18(2)14-5-6-15-13(11-14)12-19(8-10-22-15)16(20)17-7-4-9-21-3/h5-6,11H,4,7-10,12H2,1-3H3,(H,17,20). The number of ether oxygens (including phenoxy) is 2. The minimum Gasteiger partial charge on any atom is -0.491 e. The van der Waals surface area contributed by atoms with Gasteiger partial charge in [0.15, 0.2) is 0 Å². The van der Waals surface area contributed by atoms with Crippen LogP contribution in [0.15, 0.2) is 18.2 Å². The number of fused-ring (bicyclic) bond motifs is 1. The Balaban J connectivity index is 2.01. The molecule has 0 aliphatic carbocycles. The van der Waals surface area contributed by atoms with Gasteiger partial charge in [-0.15, -0.1) is 0 Å². The van der Waals surface area contributed by atoms with E-state index >= 15 is 0 Å². The molecule has 1 aromatic rings. The van der Waals surface area contributed by atoms with Gasteiger partial charge < -0.3 is 24.6 Å². The van der Waals surface area contributed by atoms with Gasteiger partial charge in [-0.25, -0.2) is 4.79 Å². The Bertz CT molecular complexity index is 505. The van der Waals surface area contributed by atoms with Crippen LogP contribution in [0.3, 0.4) is 0 Å². The van der Waals surface area contributed by atoms with Crippen LogP contribution in [0, 0.1) is 0 Å². The highest BCUT2D eigenvalue weighted by Crippen LogP contribution is 2.27. The number of benzene rings is 1. The number of urea groups is 1. The highest BCUT2D eigenvalue weighted by Gasteiger charge is 2.20. The van der Waals surface area contributed by atoms with Gasteiger partial charge in [-0.3, -0.25) is 0 Å². The van der Waals surface area contributed by atoms with Gasteiger partial charge in [0, 0.05) is 45.6 Å². The molecule has 6 nitrogen and oxygen atoms in total. The zero-order valence-electron chi connectivity index (χ0n) is 13.6. The minimum absolute atomic E-state index is 0.0530. The monoisotopic (exact) mass is 307 g/mol. The van der Waals surface area contributed by atoms with Crippen molar-refractivity contribution in [2.75, 3.05) is 52.4 Å². The quantitative estimate of drug-likeness (QED) is 0.841. The molecule has 122 valence electrons. The molecule has 1 N–H and O–H groups in total. The second kappa shape index (κ2) is 7.89. The van der Waals surface area contributed by atoms with Crippen LogP contribution in [0.5, 0.6) is 5.75 Å². The molecule has 6 heteroatoms. The number of hydrogen-bond donors (Lipinski definition) is 1. The molecular formula is C16H25N3O3. The first-order valence-corrected chi connectivity index (χ1v) is 7.56. The van der Waals surface area contributed by atoms with E-state index in [1.54, 1.807) is 12.0 Å². The summed E-state index contributed by atoms with van der Waals surface area (Å²) in [6.45, 7) is 2.93. The van der Waals surface area contributed by atoms with Crippen molar-refractivity contribution in [3.05, 3.63) is 23.8 Å². The maximum Gasteiger partial charge on any atom is 0.317 e. The molecule has 2 amide bonds. The van der Waals surface area contributed by atoms with Crippen molar-refractivity contribution in [1.82, 2.24) is 10.2 Å². The van der Waals surface area contributed by atoms with E-state index in [0.29, 0.717) is 32.8 Å². The van der Waals surface area contributed by atoms with Crippen LogP contribution in [0.2, 0.25) is 0 Å². The molecule has 1 aliphatic rings. The van der Waals surface area contributed by atoms with Crippen LogP contribution in [0.4, 0.5) is 10.5 Å². The summed E-state index contributed by atoms with van der Waals surface area (Å²) in [6, 6.07) is 6.03. The molecule has 1 heterocycles. The second-order valence-electron chi connectivity index (χ2n) is 5.53. The number of carbonyl (C=O) groups is 1. The highest BCUT2D eigenvalue weighted by atomic mass is 16.5. The van der Waals surface area contributed by atoms with E-state index in [0.717, 1.165) is 23.4 Å². The molecule has 0 fully saturated rings. The van der Waals surface area contributed by atoms with Gasteiger partial charge in [0.1, 0.15) is 12.4 Å². The number of carbonyl (C=O) groups excluding carboxylic acids is 1. The first-order valence-electron chi connectivity index (χ1n) is 7.56. The molecule has 0 atom stereocenters. The van der Waals surface area contributed by atoms with Gasteiger partial charge >= 0.3 is 6.03 Å². The van der Waals surface area contributed by atoms with Gasteiger partial charge in [0.05, 0.1) is 13.1 Å². The molecule has 22 heavy (non-hydrogen) atoms. The lowest BCUT2D eigenvalue weighted by Gasteiger charge is -2.21. The fourth-order valence-corrected chi connectivity index (χ4v) is 2.36. The number of rotatable bonds is 5. The molecule has 1 aliphatic heterocycles. The Morgan fingerprint density at radius 2 is 2.27 bits per heavy atom. The van der Waals surface area contributed by atoms with Gasteiger partial charge in [-0.05, 0) is 24.6 Å². The van der Waals surface area contributed by atoms with Crippen molar-refractivity contribution in [3.8, 4) is 5.75 Å². The smallest absolute Gasteiger partial charge is 0.317 e. The summed E-state index contributed by atoms with van der Waals surface area (Å²) in [4.78, 5) is 16.1. The third kappa shape index (κ3) is 4.27. The summed E-state index contributed by atoms with van der Waals surface area (Å²) in [6.07, 6.45) is 0.813. The fourth-order valence-electron chi connectivity index (χ4n) is 2.36. The fraction of sp³-hybridized carbons (Fsp3) is 0.562. The molecular weight excluding hydrogens is 282 g/mol. The summed E-state index contributed by atoms with van der Waals surface area (Å²) in [5, 5.41) is 2.92. The highest BCUT2D eigenvalue weighted by molar-refractivity contribution is 5.74. The SMILES string of the molecule is COCCCNC(=O)N1CCOc2ccc(N(C)C)cc2C1. The molecule has 0 aromatic heterocycles. The van der Waals surface area contributed by atoms with E-state index in [9.17, 15) is 4.79 Å². The normalized spacial score (nSPS) is 13.9. The lowest BCUT2D eigenvalue weighted by Crippen LogP contribution is -2.41. The molecule has 0 bridgehead atoms. The summed E-state index contributed by atoms with van der Waals surface area (Å²) in [7, 11) is 5.66. The van der Waals surface area contributed by atoms with Gasteiger partial charge in [0.25, 0.3) is 0 Å². The van der Waals surface area contributed by atoms with Gasteiger partial charge in [-0.2, -0.15) is 0 Å². The molecule has 2 rings (SSSR count). The van der Waals surface area contributed by atoms with E-state index in [1.807, 2.05) is 31.1 Å². The zero-order valence-corrected chi connectivity index (χ0v) is 13.6. The minimum atomic E-state index is -0.0530. The number of nitrogens with one attached hydrogen (secondary N) is 1. The number of hydrogen-bond acceptors (Lipinski definition) is 4. The van der Waals surface area contributed by atoms with Gasteiger partial charge in [0.2, 0.25) is 0 Å². The Morgan fingerprint density at radius 1 is 1.45 bits per heavy atom. The summed E-state index contributed by atoms with van der Waals surface area (Å²) in [5.74, 6) is 0.861. The molecule has 0 spiro atoms. The molecule has 1 aromatic carbocycles. The predicted molar refractivity (Wildman–Crippen MR) is 86.6 cm³/mol. The van der Waals surface area contributed by atoms with E-state index in [4.69, 9.17) is 9.47 Å². The molecule has 0 saturated heterocycles. The maximum absolute atomic E-state index is 12.3. The summed E-state index contributed by atoms with van der Waals surface area (Å²) < 4.78 is 10.7. The third-order valence-corrected chi connectivity index (χ3v) is 3.63. The van der Waals surface area contributed by atoms with Crippen molar-refractivity contribution >= 4 is 11.7 Å². The van der Waals surface area contributed by atoms with E-state index in [2.05, 4.69) is 11.4 Å². The average molecular weight is 307 g/mol. The maximum atomic E-state index is 12.3. The first kappa shape index (κ1) is 16.4. The van der Waals surface area contributed by atoms with E-state index in [1.165, 1.54) is 0 Å². The summed E-state index contributed by atoms with van der Waals surface area (Å²) >= 11 is 0. The zero-order chi connectivity index (χ0) is 15.9. The predicted octanol–water partition coefficient (Wildman–Crippen LogP) is 1.69. The number of amides is 2. The Morgan fingerprint density at radius 3 is 3.00 bits per heavy atom. The number of nitrogens with zero attached hydrogens (tertiary/aromatic N) is 2. The van der Waals surface area contributed by atoms with Crippen LogP contribution in [-0.2, 0) is 11.3 Å². The van der Waals surface area contributed by atoms with Gasteiger partial charge in [-0.1, -0.05) is 0 Å². The lowest BCUT2D eigenvalue weighted by atomic mass is 10.1. The van der Waals surface area contributed by atoms with Crippen molar-refractivity contribution in [2.24, 2.45) is 0 Å².